The minimum absolute atomic E-state index is 0.116. The lowest BCUT2D eigenvalue weighted by Gasteiger charge is -2.36. The van der Waals surface area contributed by atoms with Crippen LogP contribution < -0.4 is 9.47 Å². The molecule has 1 aromatic rings. The van der Waals surface area contributed by atoms with E-state index in [1.165, 1.54) is 5.56 Å². The molecule has 1 spiro atoms. The third-order valence-electron chi connectivity index (χ3n) is 6.05. The highest BCUT2D eigenvalue weighted by molar-refractivity contribution is 9.10. The van der Waals surface area contributed by atoms with Crippen LogP contribution in [0.2, 0.25) is 0 Å². The van der Waals surface area contributed by atoms with Gasteiger partial charge >= 0.3 is 5.97 Å². The Kier molecular flexibility index (Phi) is 5.42. The molecule has 152 valence electrons. The van der Waals surface area contributed by atoms with E-state index >= 15 is 0 Å². The van der Waals surface area contributed by atoms with E-state index in [1.807, 2.05) is 19.1 Å². The van der Waals surface area contributed by atoms with Crippen molar-refractivity contribution in [1.82, 2.24) is 4.90 Å². The monoisotopic (exact) mass is 451 g/mol. The number of rotatable bonds is 5. The quantitative estimate of drug-likeness (QED) is 0.548. The Morgan fingerprint density at radius 2 is 2.32 bits per heavy atom. The van der Waals surface area contributed by atoms with Crippen LogP contribution in [0.3, 0.4) is 0 Å². The molecule has 2 aliphatic heterocycles. The maximum atomic E-state index is 11.8. The Balaban J connectivity index is 1.72. The standard InChI is InChI=1S/C21H26BrNO5/c1-3-27-18(25)5-8-23-9-7-21-6-4-13(24)10-17(21)28-20-16(26-2)11-15(22)14(12-23)19(20)21/h4,6,11,13,17,24H,3,5,7-10,12H2,1-2H3. The topological polar surface area (TPSA) is 68.2 Å². The molecule has 1 aliphatic carbocycles. The van der Waals surface area contributed by atoms with Crippen LogP contribution in [-0.2, 0) is 21.5 Å². The van der Waals surface area contributed by atoms with Crippen molar-refractivity contribution < 1.29 is 24.1 Å². The summed E-state index contributed by atoms with van der Waals surface area (Å²) in [5, 5.41) is 10.2. The van der Waals surface area contributed by atoms with Crippen molar-refractivity contribution in [1.29, 1.82) is 0 Å². The van der Waals surface area contributed by atoms with E-state index in [2.05, 4.69) is 26.9 Å². The molecular formula is C21H26BrNO5. The summed E-state index contributed by atoms with van der Waals surface area (Å²) in [5.74, 6) is 1.34. The first-order valence-corrected chi connectivity index (χ1v) is 10.6. The summed E-state index contributed by atoms with van der Waals surface area (Å²) in [4.78, 5) is 14.1. The molecule has 3 unspecified atom stereocenters. The minimum atomic E-state index is -0.494. The van der Waals surface area contributed by atoms with Crippen molar-refractivity contribution in [3.8, 4) is 11.5 Å². The lowest BCUT2D eigenvalue weighted by molar-refractivity contribution is -0.143. The van der Waals surface area contributed by atoms with Crippen molar-refractivity contribution in [3.63, 3.8) is 0 Å². The average molecular weight is 452 g/mol. The van der Waals surface area contributed by atoms with E-state index < -0.39 is 6.10 Å². The molecule has 2 heterocycles. The Morgan fingerprint density at radius 1 is 1.50 bits per heavy atom. The molecule has 3 atom stereocenters. The van der Waals surface area contributed by atoms with Gasteiger partial charge in [-0.3, -0.25) is 9.69 Å². The van der Waals surface area contributed by atoms with Crippen LogP contribution >= 0.6 is 15.9 Å². The normalized spacial score (nSPS) is 28.1. The van der Waals surface area contributed by atoms with Gasteiger partial charge in [-0.25, -0.2) is 0 Å². The summed E-state index contributed by atoms with van der Waals surface area (Å²) in [7, 11) is 1.65. The van der Waals surface area contributed by atoms with Gasteiger partial charge in [0.05, 0.1) is 31.7 Å². The molecule has 7 heteroatoms. The molecule has 0 amide bonds. The molecular weight excluding hydrogens is 426 g/mol. The van der Waals surface area contributed by atoms with Crippen LogP contribution in [0.4, 0.5) is 0 Å². The van der Waals surface area contributed by atoms with Crippen LogP contribution in [-0.4, -0.2) is 55.0 Å². The van der Waals surface area contributed by atoms with Gasteiger partial charge in [0.1, 0.15) is 6.10 Å². The number of aliphatic hydroxyl groups is 1. The fraction of sp³-hybridized carbons (Fsp3) is 0.571. The van der Waals surface area contributed by atoms with Gasteiger partial charge in [-0.1, -0.05) is 28.1 Å². The number of methoxy groups -OCH3 is 1. The van der Waals surface area contributed by atoms with Crippen molar-refractivity contribution in [2.45, 2.75) is 50.4 Å². The fourth-order valence-corrected chi connectivity index (χ4v) is 5.22. The summed E-state index contributed by atoms with van der Waals surface area (Å²) in [6.45, 7) is 4.45. The van der Waals surface area contributed by atoms with Gasteiger partial charge < -0.3 is 19.3 Å². The van der Waals surface area contributed by atoms with Gasteiger partial charge in [-0.15, -0.1) is 0 Å². The first kappa shape index (κ1) is 19.7. The number of ether oxygens (including phenoxy) is 3. The van der Waals surface area contributed by atoms with Crippen LogP contribution in [0, 0.1) is 0 Å². The Labute approximate surface area is 173 Å². The lowest BCUT2D eigenvalue weighted by atomic mass is 9.69. The van der Waals surface area contributed by atoms with Gasteiger partial charge in [0, 0.05) is 29.5 Å². The Bertz CT molecular complexity index is 810. The average Bonchev–Trinajstić information content (AvgIpc) is 2.90. The number of hydrogen-bond acceptors (Lipinski definition) is 6. The molecule has 1 N–H and O–H groups in total. The number of carbonyl (C=O) groups is 1. The highest BCUT2D eigenvalue weighted by Gasteiger charge is 2.53. The van der Waals surface area contributed by atoms with Crippen LogP contribution in [0.1, 0.15) is 37.3 Å². The Hall–Kier alpha value is -1.57. The number of halogens is 1. The van der Waals surface area contributed by atoms with Gasteiger partial charge in [0.2, 0.25) is 0 Å². The van der Waals surface area contributed by atoms with Crippen molar-refractivity contribution in [3.05, 3.63) is 33.8 Å². The SMILES string of the molecule is CCOC(=O)CCN1CCC23C=CC(O)CC2Oc2c(OC)cc(Br)c(c23)C1. The van der Waals surface area contributed by atoms with Crippen molar-refractivity contribution >= 4 is 21.9 Å². The zero-order chi connectivity index (χ0) is 19.9. The molecule has 4 rings (SSSR count). The molecule has 3 aliphatic rings. The number of aliphatic hydroxyl groups excluding tert-OH is 1. The van der Waals surface area contributed by atoms with E-state index in [0.717, 1.165) is 35.3 Å². The molecule has 28 heavy (non-hydrogen) atoms. The first-order chi connectivity index (χ1) is 13.5. The van der Waals surface area contributed by atoms with Crippen LogP contribution in [0.25, 0.3) is 0 Å². The number of carbonyl (C=O) groups excluding carboxylic acids is 1. The zero-order valence-corrected chi connectivity index (χ0v) is 17.8. The number of esters is 1. The van der Waals surface area contributed by atoms with Gasteiger partial charge in [-0.05, 0) is 31.5 Å². The molecule has 0 saturated carbocycles. The number of benzene rings is 1. The zero-order valence-electron chi connectivity index (χ0n) is 16.2. The summed E-state index contributed by atoms with van der Waals surface area (Å²) in [6, 6.07) is 1.95. The largest absolute Gasteiger partial charge is 0.493 e. The lowest BCUT2D eigenvalue weighted by Crippen LogP contribution is -2.43. The fourth-order valence-electron chi connectivity index (χ4n) is 4.69. The van der Waals surface area contributed by atoms with Gasteiger partial charge in [0.25, 0.3) is 0 Å². The highest BCUT2D eigenvalue weighted by atomic mass is 79.9. The van der Waals surface area contributed by atoms with E-state index in [0.29, 0.717) is 31.7 Å². The predicted octanol–water partition coefficient (Wildman–Crippen LogP) is 2.94. The third-order valence-corrected chi connectivity index (χ3v) is 6.76. The van der Waals surface area contributed by atoms with Gasteiger partial charge in [0.15, 0.2) is 11.5 Å². The number of nitrogens with zero attached hydrogens (tertiary/aromatic N) is 1. The molecule has 0 saturated heterocycles. The molecule has 0 fully saturated rings. The van der Waals surface area contributed by atoms with Crippen LogP contribution in [0.5, 0.6) is 11.5 Å². The van der Waals surface area contributed by atoms with Gasteiger partial charge in [-0.2, -0.15) is 0 Å². The second-order valence-electron chi connectivity index (χ2n) is 7.63. The first-order valence-electron chi connectivity index (χ1n) is 9.80. The molecule has 6 nitrogen and oxygen atoms in total. The molecule has 1 aromatic carbocycles. The van der Waals surface area contributed by atoms with E-state index in [9.17, 15) is 9.90 Å². The molecule has 0 aromatic heterocycles. The maximum absolute atomic E-state index is 11.8. The predicted molar refractivity (Wildman–Crippen MR) is 108 cm³/mol. The highest BCUT2D eigenvalue weighted by Crippen LogP contribution is 2.57. The molecule has 0 radical (unpaired) electrons. The summed E-state index contributed by atoms with van der Waals surface area (Å²) < 4.78 is 18.0. The summed E-state index contributed by atoms with van der Waals surface area (Å²) in [5.41, 5.74) is 2.05. The smallest absolute Gasteiger partial charge is 0.307 e. The van der Waals surface area contributed by atoms with E-state index in [-0.39, 0.29) is 17.5 Å². The second kappa shape index (κ2) is 7.69. The summed E-state index contributed by atoms with van der Waals surface area (Å²) >= 11 is 3.73. The Morgan fingerprint density at radius 3 is 3.07 bits per heavy atom. The molecule has 0 bridgehead atoms. The third kappa shape index (κ3) is 3.23. The second-order valence-corrected chi connectivity index (χ2v) is 8.49. The maximum Gasteiger partial charge on any atom is 0.307 e. The summed E-state index contributed by atoms with van der Waals surface area (Å²) in [6.07, 6.45) is 5.21. The van der Waals surface area contributed by atoms with Crippen LogP contribution in [0.15, 0.2) is 22.7 Å². The number of hydrogen-bond donors (Lipinski definition) is 1. The van der Waals surface area contributed by atoms with E-state index in [4.69, 9.17) is 14.2 Å². The van der Waals surface area contributed by atoms with Crippen molar-refractivity contribution in [2.75, 3.05) is 26.8 Å². The van der Waals surface area contributed by atoms with E-state index in [1.54, 1.807) is 7.11 Å². The van der Waals surface area contributed by atoms with Crippen molar-refractivity contribution in [2.24, 2.45) is 0 Å². The minimum Gasteiger partial charge on any atom is -0.493 e.